The number of hydrogen-bond donors (Lipinski definition) is 2. The number of nitrogens with zero attached hydrogens (tertiary/aromatic N) is 1. The van der Waals surface area contributed by atoms with E-state index in [1.165, 1.54) is 19.3 Å². The minimum absolute atomic E-state index is 0.0126. The van der Waals surface area contributed by atoms with Gasteiger partial charge in [0.15, 0.2) is 0 Å². The molecule has 0 bridgehead atoms. The summed E-state index contributed by atoms with van der Waals surface area (Å²) in [6.07, 6.45) is 3.88. The van der Waals surface area contributed by atoms with Gasteiger partial charge in [0, 0.05) is 25.7 Å². The standard InChI is InChI=1S/C17H34N2O2/c1-4-5-18-17-9-13(2)8-14(3)16(17)11-19-6-7-21-15(10-19)12-20/h13-18,20H,4-12H2,1-3H3. The highest BCUT2D eigenvalue weighted by Gasteiger charge is 2.35. The Labute approximate surface area is 130 Å². The summed E-state index contributed by atoms with van der Waals surface area (Å²) in [5.74, 6) is 2.34. The zero-order chi connectivity index (χ0) is 15.2. The smallest absolute Gasteiger partial charge is 0.0932 e. The maximum atomic E-state index is 9.31. The van der Waals surface area contributed by atoms with Crippen molar-refractivity contribution in [3.8, 4) is 0 Å². The molecule has 4 heteroatoms. The molecule has 0 amide bonds. The van der Waals surface area contributed by atoms with Gasteiger partial charge in [-0.15, -0.1) is 0 Å². The molecular formula is C17H34N2O2. The molecule has 0 radical (unpaired) electrons. The van der Waals surface area contributed by atoms with Crippen molar-refractivity contribution in [3.63, 3.8) is 0 Å². The lowest BCUT2D eigenvalue weighted by molar-refractivity contribution is -0.0616. The molecule has 2 fully saturated rings. The normalized spacial score (nSPS) is 38.6. The molecule has 0 spiro atoms. The van der Waals surface area contributed by atoms with Crippen LogP contribution in [-0.2, 0) is 4.74 Å². The summed E-state index contributed by atoms with van der Waals surface area (Å²) in [5.41, 5.74) is 0. The first-order valence-electron chi connectivity index (χ1n) is 8.82. The van der Waals surface area contributed by atoms with Gasteiger partial charge in [0.1, 0.15) is 0 Å². The maximum absolute atomic E-state index is 9.31. The number of aliphatic hydroxyl groups excluding tert-OH is 1. The first kappa shape index (κ1) is 17.2. The summed E-state index contributed by atoms with van der Waals surface area (Å²) in [7, 11) is 0. The van der Waals surface area contributed by atoms with E-state index in [9.17, 15) is 5.11 Å². The molecule has 5 atom stereocenters. The third-order valence-corrected chi connectivity index (χ3v) is 5.23. The fraction of sp³-hybridized carbons (Fsp3) is 1.00. The van der Waals surface area contributed by atoms with Crippen LogP contribution in [0.15, 0.2) is 0 Å². The highest BCUT2D eigenvalue weighted by Crippen LogP contribution is 2.34. The second-order valence-corrected chi connectivity index (χ2v) is 7.21. The topological polar surface area (TPSA) is 44.7 Å². The van der Waals surface area contributed by atoms with Gasteiger partial charge >= 0.3 is 0 Å². The van der Waals surface area contributed by atoms with Crippen molar-refractivity contribution in [1.29, 1.82) is 0 Å². The number of rotatable bonds is 6. The summed E-state index contributed by atoms with van der Waals surface area (Å²) in [4.78, 5) is 2.50. The van der Waals surface area contributed by atoms with Crippen LogP contribution >= 0.6 is 0 Å². The molecule has 0 aromatic rings. The fourth-order valence-electron chi connectivity index (χ4n) is 4.14. The molecule has 1 saturated carbocycles. The zero-order valence-corrected chi connectivity index (χ0v) is 14.1. The van der Waals surface area contributed by atoms with E-state index in [1.54, 1.807) is 0 Å². The summed E-state index contributed by atoms with van der Waals surface area (Å²) in [5, 5.41) is 13.1. The van der Waals surface area contributed by atoms with Crippen molar-refractivity contribution >= 4 is 0 Å². The summed E-state index contributed by atoms with van der Waals surface area (Å²) in [6.45, 7) is 12.1. The minimum Gasteiger partial charge on any atom is -0.394 e. The molecule has 2 aliphatic rings. The van der Waals surface area contributed by atoms with Gasteiger partial charge in [0.25, 0.3) is 0 Å². The minimum atomic E-state index is 0.0126. The van der Waals surface area contributed by atoms with Crippen molar-refractivity contribution < 1.29 is 9.84 Å². The van der Waals surface area contributed by atoms with Crippen LogP contribution in [0.25, 0.3) is 0 Å². The van der Waals surface area contributed by atoms with Gasteiger partial charge < -0.3 is 15.2 Å². The third kappa shape index (κ3) is 4.92. The van der Waals surface area contributed by atoms with E-state index in [-0.39, 0.29) is 12.7 Å². The van der Waals surface area contributed by atoms with Gasteiger partial charge in [-0.25, -0.2) is 0 Å². The van der Waals surface area contributed by atoms with E-state index >= 15 is 0 Å². The fourth-order valence-corrected chi connectivity index (χ4v) is 4.14. The molecule has 2 rings (SSSR count). The van der Waals surface area contributed by atoms with Gasteiger partial charge in [-0.05, 0) is 43.6 Å². The summed E-state index contributed by atoms with van der Waals surface area (Å²) < 4.78 is 5.57. The molecule has 1 aliphatic carbocycles. The van der Waals surface area contributed by atoms with E-state index < -0.39 is 0 Å². The first-order chi connectivity index (χ1) is 10.1. The van der Waals surface area contributed by atoms with Crippen LogP contribution in [0.5, 0.6) is 0 Å². The largest absolute Gasteiger partial charge is 0.394 e. The highest BCUT2D eigenvalue weighted by molar-refractivity contribution is 4.90. The number of nitrogens with one attached hydrogen (secondary N) is 1. The molecule has 1 heterocycles. The van der Waals surface area contributed by atoms with E-state index in [2.05, 4.69) is 31.0 Å². The summed E-state index contributed by atoms with van der Waals surface area (Å²) in [6, 6.07) is 0.652. The van der Waals surface area contributed by atoms with Crippen LogP contribution in [0.2, 0.25) is 0 Å². The molecule has 2 N–H and O–H groups in total. The van der Waals surface area contributed by atoms with Crippen LogP contribution in [0.3, 0.4) is 0 Å². The average Bonchev–Trinajstić information content (AvgIpc) is 2.48. The molecule has 5 unspecified atom stereocenters. The van der Waals surface area contributed by atoms with Crippen molar-refractivity contribution in [1.82, 2.24) is 10.2 Å². The molecule has 1 aliphatic heterocycles. The van der Waals surface area contributed by atoms with Crippen molar-refractivity contribution in [2.75, 3.05) is 39.4 Å². The Bertz CT molecular complexity index is 301. The molecule has 1 saturated heterocycles. The monoisotopic (exact) mass is 298 g/mol. The number of aliphatic hydroxyl groups is 1. The van der Waals surface area contributed by atoms with Crippen LogP contribution in [-0.4, -0.2) is 61.5 Å². The van der Waals surface area contributed by atoms with Crippen LogP contribution in [0, 0.1) is 17.8 Å². The van der Waals surface area contributed by atoms with E-state index in [1.807, 2.05) is 0 Å². The quantitative estimate of drug-likeness (QED) is 0.784. The van der Waals surface area contributed by atoms with Gasteiger partial charge in [0.05, 0.1) is 19.3 Å². The lowest BCUT2D eigenvalue weighted by Crippen LogP contribution is -2.52. The SMILES string of the molecule is CCCNC1CC(C)CC(C)C1CN1CCOC(CO)C1. The average molecular weight is 298 g/mol. The van der Waals surface area contributed by atoms with Crippen molar-refractivity contribution in [3.05, 3.63) is 0 Å². The van der Waals surface area contributed by atoms with Gasteiger partial charge in [-0.3, -0.25) is 4.90 Å². The molecule has 0 aromatic heterocycles. The van der Waals surface area contributed by atoms with Crippen molar-refractivity contribution in [2.45, 2.75) is 52.2 Å². The molecular weight excluding hydrogens is 264 g/mol. The Morgan fingerprint density at radius 1 is 1.29 bits per heavy atom. The Morgan fingerprint density at radius 2 is 2.10 bits per heavy atom. The number of ether oxygens (including phenoxy) is 1. The molecule has 4 nitrogen and oxygen atoms in total. The van der Waals surface area contributed by atoms with Gasteiger partial charge in [-0.2, -0.15) is 0 Å². The number of hydrogen-bond acceptors (Lipinski definition) is 4. The van der Waals surface area contributed by atoms with Gasteiger partial charge in [0.2, 0.25) is 0 Å². The third-order valence-electron chi connectivity index (χ3n) is 5.23. The zero-order valence-electron chi connectivity index (χ0n) is 14.1. The van der Waals surface area contributed by atoms with E-state index in [4.69, 9.17) is 4.74 Å². The van der Waals surface area contributed by atoms with E-state index in [0.717, 1.165) is 50.5 Å². The number of morpholine rings is 1. The second kappa shape index (κ2) is 8.47. The van der Waals surface area contributed by atoms with E-state index in [0.29, 0.717) is 6.04 Å². The lowest BCUT2D eigenvalue weighted by Gasteiger charge is -2.44. The Morgan fingerprint density at radius 3 is 2.81 bits per heavy atom. The van der Waals surface area contributed by atoms with Crippen LogP contribution < -0.4 is 5.32 Å². The van der Waals surface area contributed by atoms with Crippen LogP contribution in [0.4, 0.5) is 0 Å². The maximum Gasteiger partial charge on any atom is 0.0932 e. The Hall–Kier alpha value is -0.160. The Kier molecular flexibility index (Phi) is 6.93. The molecule has 21 heavy (non-hydrogen) atoms. The lowest BCUT2D eigenvalue weighted by atomic mass is 9.72. The van der Waals surface area contributed by atoms with Crippen LogP contribution in [0.1, 0.15) is 40.0 Å². The highest BCUT2D eigenvalue weighted by atomic mass is 16.5. The predicted molar refractivity (Wildman–Crippen MR) is 86.4 cm³/mol. The van der Waals surface area contributed by atoms with Crippen molar-refractivity contribution in [2.24, 2.45) is 17.8 Å². The Balaban J connectivity index is 1.93. The van der Waals surface area contributed by atoms with Gasteiger partial charge in [-0.1, -0.05) is 20.8 Å². The summed E-state index contributed by atoms with van der Waals surface area (Å²) >= 11 is 0. The predicted octanol–water partition coefficient (Wildman–Crippen LogP) is 1.73. The first-order valence-corrected chi connectivity index (χ1v) is 8.82. The molecule has 124 valence electrons. The second-order valence-electron chi connectivity index (χ2n) is 7.21. The molecule has 0 aromatic carbocycles.